The van der Waals surface area contributed by atoms with Gasteiger partial charge in [0.1, 0.15) is 11.5 Å². The van der Waals surface area contributed by atoms with Crippen molar-refractivity contribution in [3.8, 4) is 11.5 Å². The Hall–Kier alpha value is -2.86. The number of carbonyl (C=O) groups excluding carboxylic acids is 1. The van der Waals surface area contributed by atoms with Crippen LogP contribution in [0.25, 0.3) is 10.8 Å². The molecule has 0 aliphatic rings. The van der Waals surface area contributed by atoms with Gasteiger partial charge in [0.15, 0.2) is 6.10 Å². The molecule has 1 unspecified atom stereocenters. The average Bonchev–Trinajstić information content (AvgIpc) is 2.70. The van der Waals surface area contributed by atoms with E-state index in [1.54, 1.807) is 13.1 Å². The molecule has 5 nitrogen and oxygen atoms in total. The molecule has 0 fully saturated rings. The van der Waals surface area contributed by atoms with Gasteiger partial charge in [-0.15, -0.1) is 0 Å². The van der Waals surface area contributed by atoms with Gasteiger partial charge in [-0.05, 0) is 55.0 Å². The van der Waals surface area contributed by atoms with E-state index in [0.29, 0.717) is 18.1 Å². The van der Waals surface area contributed by atoms with Crippen molar-refractivity contribution in [2.75, 3.05) is 6.61 Å². The number of hydrogen-bond donors (Lipinski definition) is 1. The topological polar surface area (TPSA) is 59.9 Å². The van der Waals surface area contributed by atoms with Crippen molar-refractivity contribution in [2.24, 2.45) is 5.10 Å². The van der Waals surface area contributed by atoms with Crippen LogP contribution in [0.4, 0.5) is 0 Å². The monoisotopic (exact) mass is 440 g/mol. The smallest absolute Gasteiger partial charge is 0.280 e. The second-order valence-corrected chi connectivity index (χ2v) is 7.03. The van der Waals surface area contributed by atoms with Crippen LogP contribution in [0.1, 0.15) is 19.4 Å². The maximum absolute atomic E-state index is 12.3. The fourth-order valence-electron chi connectivity index (χ4n) is 2.66. The van der Waals surface area contributed by atoms with E-state index in [9.17, 15) is 4.79 Å². The molecule has 1 amide bonds. The average molecular weight is 441 g/mol. The summed E-state index contributed by atoms with van der Waals surface area (Å²) < 4.78 is 12.2. The summed E-state index contributed by atoms with van der Waals surface area (Å²) in [6.07, 6.45) is 0.864. The third kappa shape index (κ3) is 5.10. The zero-order chi connectivity index (χ0) is 19.9. The molecular weight excluding hydrogens is 420 g/mol. The number of hydrazone groups is 1. The first-order valence-electron chi connectivity index (χ1n) is 8.97. The molecule has 3 aromatic rings. The minimum atomic E-state index is -0.688. The molecule has 3 rings (SSSR count). The predicted octanol–water partition coefficient (Wildman–Crippen LogP) is 4.92. The van der Waals surface area contributed by atoms with Gasteiger partial charge in [0.05, 0.1) is 12.8 Å². The van der Waals surface area contributed by atoms with Gasteiger partial charge >= 0.3 is 0 Å². The van der Waals surface area contributed by atoms with Crippen LogP contribution in [-0.2, 0) is 4.79 Å². The maximum atomic E-state index is 12.3. The molecule has 0 aliphatic heterocycles. The van der Waals surface area contributed by atoms with E-state index in [1.165, 1.54) is 0 Å². The number of nitrogens with one attached hydrogen (secondary N) is 1. The van der Waals surface area contributed by atoms with E-state index < -0.39 is 6.10 Å². The molecule has 0 aromatic heterocycles. The van der Waals surface area contributed by atoms with Crippen molar-refractivity contribution in [3.63, 3.8) is 0 Å². The van der Waals surface area contributed by atoms with E-state index in [0.717, 1.165) is 20.8 Å². The highest BCUT2D eigenvalue weighted by Gasteiger charge is 2.14. The summed E-state index contributed by atoms with van der Waals surface area (Å²) in [5.41, 5.74) is 3.28. The Morgan fingerprint density at radius 2 is 1.93 bits per heavy atom. The van der Waals surface area contributed by atoms with Crippen LogP contribution in [0.5, 0.6) is 11.5 Å². The van der Waals surface area contributed by atoms with Crippen LogP contribution >= 0.6 is 15.9 Å². The fourth-order valence-corrected chi connectivity index (χ4v) is 3.04. The van der Waals surface area contributed by atoms with Crippen molar-refractivity contribution in [3.05, 3.63) is 70.7 Å². The van der Waals surface area contributed by atoms with E-state index in [-0.39, 0.29) is 5.91 Å². The molecular formula is C22H21BrN2O3. The Kier molecular flexibility index (Phi) is 6.66. The molecule has 144 valence electrons. The number of hydrogen-bond acceptors (Lipinski definition) is 4. The molecule has 0 saturated heterocycles. The van der Waals surface area contributed by atoms with Crippen molar-refractivity contribution in [1.29, 1.82) is 0 Å². The lowest BCUT2D eigenvalue weighted by molar-refractivity contribution is -0.127. The summed E-state index contributed by atoms with van der Waals surface area (Å²) in [6.45, 7) is 4.15. The van der Waals surface area contributed by atoms with Crippen LogP contribution in [0, 0.1) is 0 Å². The van der Waals surface area contributed by atoms with Gasteiger partial charge < -0.3 is 9.47 Å². The van der Waals surface area contributed by atoms with Crippen molar-refractivity contribution < 1.29 is 14.3 Å². The number of amides is 1. The summed E-state index contributed by atoms with van der Waals surface area (Å²) in [6, 6.07) is 19.3. The van der Waals surface area contributed by atoms with E-state index in [1.807, 2.05) is 67.6 Å². The molecule has 3 aromatic carbocycles. The molecule has 0 aliphatic carbocycles. The van der Waals surface area contributed by atoms with Crippen LogP contribution in [0.3, 0.4) is 0 Å². The molecule has 6 heteroatoms. The molecule has 1 N–H and O–H groups in total. The van der Waals surface area contributed by atoms with Gasteiger partial charge in [-0.3, -0.25) is 4.79 Å². The minimum absolute atomic E-state index is 0.336. The Morgan fingerprint density at radius 1 is 1.14 bits per heavy atom. The molecule has 1 atom stereocenters. The molecule has 28 heavy (non-hydrogen) atoms. The minimum Gasteiger partial charge on any atom is -0.493 e. The number of nitrogens with zero attached hydrogens (tertiary/aromatic N) is 1. The summed E-state index contributed by atoms with van der Waals surface area (Å²) >= 11 is 3.42. The van der Waals surface area contributed by atoms with E-state index in [4.69, 9.17) is 9.47 Å². The van der Waals surface area contributed by atoms with Crippen LogP contribution in [0.2, 0.25) is 0 Å². The lowest BCUT2D eigenvalue weighted by Crippen LogP contribution is -2.33. The Labute approximate surface area is 172 Å². The third-order valence-corrected chi connectivity index (χ3v) is 4.55. The first kappa shape index (κ1) is 19.9. The van der Waals surface area contributed by atoms with Crippen molar-refractivity contribution >= 4 is 38.8 Å². The standard InChI is InChI=1S/C22H21BrN2O3/c1-3-27-21-11-9-19(23)12-18(21)14-24-25-22(26)15(2)28-20-10-8-16-6-4-5-7-17(16)13-20/h4-15H,3H2,1-2H3,(H,25,26)/b24-14+. The Morgan fingerprint density at radius 3 is 2.71 bits per heavy atom. The van der Waals surface area contributed by atoms with Crippen molar-refractivity contribution in [1.82, 2.24) is 5.43 Å². The predicted molar refractivity (Wildman–Crippen MR) is 115 cm³/mol. The fraction of sp³-hybridized carbons (Fsp3) is 0.182. The normalized spacial score (nSPS) is 12.1. The number of benzene rings is 3. The highest BCUT2D eigenvalue weighted by Crippen LogP contribution is 2.22. The molecule has 0 saturated carbocycles. The third-order valence-electron chi connectivity index (χ3n) is 4.05. The van der Waals surface area contributed by atoms with Crippen LogP contribution in [0.15, 0.2) is 70.2 Å². The zero-order valence-corrected chi connectivity index (χ0v) is 17.3. The number of carbonyl (C=O) groups is 1. The SMILES string of the molecule is CCOc1ccc(Br)cc1/C=N/NC(=O)C(C)Oc1ccc2ccccc2c1. The number of ether oxygens (including phenoxy) is 2. The number of halogens is 1. The van der Waals surface area contributed by atoms with E-state index >= 15 is 0 Å². The molecule has 0 radical (unpaired) electrons. The lowest BCUT2D eigenvalue weighted by atomic mass is 10.1. The number of fused-ring (bicyclic) bond motifs is 1. The van der Waals surface area contributed by atoms with Crippen LogP contribution in [-0.4, -0.2) is 24.8 Å². The Bertz CT molecular complexity index is 1000. The number of rotatable bonds is 7. The van der Waals surface area contributed by atoms with Gasteiger partial charge in [0.25, 0.3) is 5.91 Å². The van der Waals surface area contributed by atoms with Crippen molar-refractivity contribution in [2.45, 2.75) is 20.0 Å². The quantitative estimate of drug-likeness (QED) is 0.418. The highest BCUT2D eigenvalue weighted by molar-refractivity contribution is 9.10. The van der Waals surface area contributed by atoms with Gasteiger partial charge in [0.2, 0.25) is 0 Å². The lowest BCUT2D eigenvalue weighted by Gasteiger charge is -2.13. The zero-order valence-electron chi connectivity index (χ0n) is 15.7. The second kappa shape index (κ2) is 9.37. The first-order valence-corrected chi connectivity index (χ1v) is 9.77. The van der Waals surface area contributed by atoms with Gasteiger partial charge in [-0.1, -0.05) is 46.3 Å². The summed E-state index contributed by atoms with van der Waals surface area (Å²) in [5.74, 6) is 0.998. The van der Waals surface area contributed by atoms with Gasteiger partial charge in [0, 0.05) is 10.0 Å². The first-order chi connectivity index (χ1) is 13.6. The molecule has 0 heterocycles. The van der Waals surface area contributed by atoms with E-state index in [2.05, 4.69) is 26.5 Å². The molecule has 0 bridgehead atoms. The highest BCUT2D eigenvalue weighted by atomic mass is 79.9. The largest absolute Gasteiger partial charge is 0.493 e. The molecule has 0 spiro atoms. The second-order valence-electron chi connectivity index (χ2n) is 6.12. The summed E-state index contributed by atoms with van der Waals surface area (Å²) in [7, 11) is 0. The summed E-state index contributed by atoms with van der Waals surface area (Å²) in [4.78, 5) is 12.3. The van der Waals surface area contributed by atoms with Gasteiger partial charge in [-0.2, -0.15) is 5.10 Å². The summed E-state index contributed by atoms with van der Waals surface area (Å²) in [5, 5.41) is 6.21. The van der Waals surface area contributed by atoms with Crippen LogP contribution < -0.4 is 14.9 Å². The van der Waals surface area contributed by atoms with Gasteiger partial charge in [-0.25, -0.2) is 5.43 Å². The maximum Gasteiger partial charge on any atom is 0.280 e. The Balaban J connectivity index is 1.62.